The lowest BCUT2D eigenvalue weighted by Crippen LogP contribution is -2.44. The molecule has 0 fully saturated rings. The summed E-state index contributed by atoms with van der Waals surface area (Å²) >= 11 is 0. The molecule has 4 N–H and O–H groups in total. The Morgan fingerprint density at radius 2 is 1.77 bits per heavy atom. The number of unbranched alkanes of at least 4 members (excludes halogenated alkanes) is 2. The van der Waals surface area contributed by atoms with Gasteiger partial charge in [-0.25, -0.2) is 5.48 Å². The van der Waals surface area contributed by atoms with E-state index in [0.29, 0.717) is 25.2 Å². The third-order valence-corrected chi connectivity index (χ3v) is 5.76. The van der Waals surface area contributed by atoms with Gasteiger partial charge >= 0.3 is 0 Å². The predicted octanol–water partition coefficient (Wildman–Crippen LogP) is 4.27. The molecule has 0 aliphatic heterocycles. The van der Waals surface area contributed by atoms with Crippen LogP contribution in [0, 0.1) is 11.8 Å². The SMILES string of the molecule is CCCCC[C@@H](C(=O)NCNC(=O)c1ccc(-c2cccc(OCCC)c2)o1)[C@@H](CC)C(=O)NO. The Bertz CT molecular complexity index is 958. The number of rotatable bonds is 15. The lowest BCUT2D eigenvalue weighted by Gasteiger charge is -2.24. The highest BCUT2D eigenvalue weighted by Crippen LogP contribution is 2.26. The Balaban J connectivity index is 1.96. The van der Waals surface area contributed by atoms with E-state index in [1.165, 1.54) is 0 Å². The van der Waals surface area contributed by atoms with E-state index in [1.807, 2.05) is 31.2 Å². The highest BCUT2D eigenvalue weighted by molar-refractivity contribution is 5.92. The summed E-state index contributed by atoms with van der Waals surface area (Å²) in [5.74, 6) is -1.30. The van der Waals surface area contributed by atoms with Gasteiger partial charge in [0.1, 0.15) is 11.5 Å². The number of hydrogen-bond acceptors (Lipinski definition) is 6. The molecule has 1 aromatic heterocycles. The van der Waals surface area contributed by atoms with Crippen LogP contribution >= 0.6 is 0 Å². The van der Waals surface area contributed by atoms with Crippen molar-refractivity contribution < 1.29 is 28.7 Å². The summed E-state index contributed by atoms with van der Waals surface area (Å²) in [6.45, 7) is 6.38. The fourth-order valence-corrected chi connectivity index (χ4v) is 3.87. The van der Waals surface area contributed by atoms with Gasteiger partial charge in [0, 0.05) is 11.5 Å². The number of benzene rings is 1. The van der Waals surface area contributed by atoms with Gasteiger partial charge in [0.05, 0.1) is 19.2 Å². The van der Waals surface area contributed by atoms with Crippen LogP contribution in [0.25, 0.3) is 11.3 Å². The molecule has 0 aliphatic carbocycles. The van der Waals surface area contributed by atoms with Gasteiger partial charge in [-0.2, -0.15) is 0 Å². The normalized spacial score (nSPS) is 12.5. The van der Waals surface area contributed by atoms with Crippen LogP contribution in [0.2, 0.25) is 0 Å². The summed E-state index contributed by atoms with van der Waals surface area (Å²) in [6.07, 6.45) is 4.53. The molecule has 0 unspecified atom stereocenters. The van der Waals surface area contributed by atoms with Gasteiger partial charge in [-0.15, -0.1) is 0 Å². The molecule has 192 valence electrons. The summed E-state index contributed by atoms with van der Waals surface area (Å²) in [7, 11) is 0. The number of ether oxygens (including phenoxy) is 1. The Hall–Kier alpha value is -3.33. The standard InChI is InChI=1S/C26H37N3O6/c1-4-7-8-12-21(20(6-3)25(31)29-33)24(30)27-17-28-26(32)23-14-13-22(35-23)18-10-9-11-19(16-18)34-15-5-2/h9-11,13-14,16,20-21,33H,4-8,12,15,17H2,1-3H3,(H,27,30)(H,28,32)(H,29,31)/t20-,21-/m1/s1. The predicted molar refractivity (Wildman–Crippen MR) is 132 cm³/mol. The molecule has 9 heteroatoms. The Morgan fingerprint density at radius 1 is 0.971 bits per heavy atom. The monoisotopic (exact) mass is 487 g/mol. The third-order valence-electron chi connectivity index (χ3n) is 5.76. The van der Waals surface area contributed by atoms with Crippen LogP contribution in [-0.2, 0) is 9.59 Å². The zero-order valence-electron chi connectivity index (χ0n) is 20.8. The van der Waals surface area contributed by atoms with Crippen molar-refractivity contribution >= 4 is 17.7 Å². The molecule has 0 saturated heterocycles. The summed E-state index contributed by atoms with van der Waals surface area (Å²) in [5.41, 5.74) is 2.44. The van der Waals surface area contributed by atoms with E-state index in [-0.39, 0.29) is 18.3 Å². The molecular formula is C26H37N3O6. The summed E-state index contributed by atoms with van der Waals surface area (Å²) in [5, 5.41) is 14.3. The molecule has 9 nitrogen and oxygen atoms in total. The van der Waals surface area contributed by atoms with Crippen molar-refractivity contribution in [2.75, 3.05) is 13.3 Å². The van der Waals surface area contributed by atoms with Crippen LogP contribution in [0.4, 0.5) is 0 Å². The topological polar surface area (TPSA) is 130 Å². The van der Waals surface area contributed by atoms with Gasteiger partial charge in [0.25, 0.3) is 5.91 Å². The zero-order chi connectivity index (χ0) is 25.6. The van der Waals surface area contributed by atoms with Crippen molar-refractivity contribution in [3.63, 3.8) is 0 Å². The molecule has 0 radical (unpaired) electrons. The van der Waals surface area contributed by atoms with Gasteiger partial charge in [0.15, 0.2) is 5.76 Å². The Kier molecular flexibility index (Phi) is 11.8. The third kappa shape index (κ3) is 8.43. The average Bonchev–Trinajstić information content (AvgIpc) is 3.37. The van der Waals surface area contributed by atoms with Crippen LogP contribution in [0.1, 0.15) is 69.9 Å². The van der Waals surface area contributed by atoms with E-state index < -0.39 is 23.7 Å². The molecule has 0 bridgehead atoms. The highest BCUT2D eigenvalue weighted by Gasteiger charge is 2.31. The summed E-state index contributed by atoms with van der Waals surface area (Å²) in [4.78, 5) is 37.4. The molecular weight excluding hydrogens is 450 g/mol. The lowest BCUT2D eigenvalue weighted by atomic mass is 9.84. The number of hydrogen-bond donors (Lipinski definition) is 4. The Morgan fingerprint density at radius 3 is 2.46 bits per heavy atom. The second-order valence-electron chi connectivity index (χ2n) is 8.36. The molecule has 0 saturated carbocycles. The molecule has 35 heavy (non-hydrogen) atoms. The van der Waals surface area contributed by atoms with Gasteiger partial charge in [0.2, 0.25) is 11.8 Å². The minimum absolute atomic E-state index is 0.111. The van der Waals surface area contributed by atoms with E-state index in [9.17, 15) is 14.4 Å². The van der Waals surface area contributed by atoms with Gasteiger partial charge in [-0.3, -0.25) is 19.6 Å². The first-order valence-electron chi connectivity index (χ1n) is 12.3. The van der Waals surface area contributed by atoms with Gasteiger partial charge < -0.3 is 19.8 Å². The first-order chi connectivity index (χ1) is 16.9. The molecule has 1 aromatic carbocycles. The number of carbonyl (C=O) groups excluding carboxylic acids is 3. The maximum Gasteiger partial charge on any atom is 0.288 e. The summed E-state index contributed by atoms with van der Waals surface area (Å²) < 4.78 is 11.3. The van der Waals surface area contributed by atoms with Crippen LogP contribution in [-0.4, -0.2) is 36.2 Å². The van der Waals surface area contributed by atoms with Crippen molar-refractivity contribution in [1.29, 1.82) is 0 Å². The first-order valence-corrected chi connectivity index (χ1v) is 12.3. The Labute approximate surface area is 206 Å². The summed E-state index contributed by atoms with van der Waals surface area (Å²) in [6, 6.07) is 10.7. The number of furan rings is 1. The number of amides is 3. The van der Waals surface area contributed by atoms with Crippen LogP contribution in [0.15, 0.2) is 40.8 Å². The van der Waals surface area contributed by atoms with Crippen molar-refractivity contribution in [3.05, 3.63) is 42.2 Å². The number of hydroxylamine groups is 1. The quantitative estimate of drug-likeness (QED) is 0.128. The van der Waals surface area contributed by atoms with Crippen LogP contribution in [0.3, 0.4) is 0 Å². The van der Waals surface area contributed by atoms with Crippen molar-refractivity contribution in [2.24, 2.45) is 11.8 Å². The van der Waals surface area contributed by atoms with E-state index in [2.05, 4.69) is 17.6 Å². The maximum absolute atomic E-state index is 12.8. The molecule has 1 heterocycles. The van der Waals surface area contributed by atoms with E-state index >= 15 is 0 Å². The number of nitrogens with one attached hydrogen (secondary N) is 3. The van der Waals surface area contributed by atoms with E-state index in [0.717, 1.165) is 37.0 Å². The maximum atomic E-state index is 12.8. The van der Waals surface area contributed by atoms with Crippen molar-refractivity contribution in [3.8, 4) is 17.1 Å². The van der Waals surface area contributed by atoms with Gasteiger partial charge in [-0.05, 0) is 43.5 Å². The molecule has 2 rings (SSSR count). The first kappa shape index (κ1) is 27.9. The van der Waals surface area contributed by atoms with Gasteiger partial charge in [-0.1, -0.05) is 52.2 Å². The fraction of sp³-hybridized carbons (Fsp3) is 0.500. The van der Waals surface area contributed by atoms with Crippen molar-refractivity contribution in [2.45, 2.75) is 59.3 Å². The van der Waals surface area contributed by atoms with Crippen LogP contribution in [0.5, 0.6) is 5.75 Å². The van der Waals surface area contributed by atoms with E-state index in [4.69, 9.17) is 14.4 Å². The van der Waals surface area contributed by atoms with E-state index in [1.54, 1.807) is 24.5 Å². The fourth-order valence-electron chi connectivity index (χ4n) is 3.87. The molecule has 0 spiro atoms. The lowest BCUT2D eigenvalue weighted by molar-refractivity contribution is -0.140. The highest BCUT2D eigenvalue weighted by atomic mass is 16.5. The molecule has 3 amide bonds. The zero-order valence-corrected chi connectivity index (χ0v) is 20.8. The van der Waals surface area contributed by atoms with Crippen molar-refractivity contribution in [1.82, 2.24) is 16.1 Å². The molecule has 0 aliphatic rings. The second kappa shape index (κ2) is 14.8. The van der Waals surface area contributed by atoms with Crippen LogP contribution < -0.4 is 20.9 Å². The smallest absolute Gasteiger partial charge is 0.288 e. The molecule has 2 atom stereocenters. The largest absolute Gasteiger partial charge is 0.494 e. The molecule has 2 aromatic rings. The minimum Gasteiger partial charge on any atom is -0.494 e. The second-order valence-corrected chi connectivity index (χ2v) is 8.36. The average molecular weight is 488 g/mol. The minimum atomic E-state index is -0.655. The number of carbonyl (C=O) groups is 3.